The second-order valence-electron chi connectivity index (χ2n) is 4.28. The third-order valence-electron chi connectivity index (χ3n) is 3.08. The maximum atomic E-state index is 12.5. The van der Waals surface area contributed by atoms with Gasteiger partial charge in [-0.25, -0.2) is 10.8 Å². The molecule has 0 atom stereocenters. The molecule has 0 bridgehead atoms. The van der Waals surface area contributed by atoms with Gasteiger partial charge in [-0.05, 0) is 12.8 Å². The summed E-state index contributed by atoms with van der Waals surface area (Å²) in [4.78, 5) is 17.4. The standard InChI is InChI=1S/C10H13F3N4OS/c11-10(12,13)6-1-3-17(4-2-6)9-15-5-7(19-9)8(18)16-14/h5-6H,1-4,14H2,(H,16,18). The Balaban J connectivity index is 1.98. The molecule has 1 aromatic heterocycles. The number of hydrogen-bond acceptors (Lipinski definition) is 5. The Morgan fingerprint density at radius 1 is 1.47 bits per heavy atom. The Kier molecular flexibility index (Phi) is 3.95. The average Bonchev–Trinajstić information content (AvgIpc) is 2.86. The van der Waals surface area contributed by atoms with Gasteiger partial charge >= 0.3 is 6.18 Å². The number of rotatable bonds is 2. The third kappa shape index (κ3) is 3.16. The zero-order valence-electron chi connectivity index (χ0n) is 9.91. The zero-order valence-corrected chi connectivity index (χ0v) is 10.7. The number of alkyl halides is 3. The van der Waals surface area contributed by atoms with E-state index in [2.05, 4.69) is 4.98 Å². The summed E-state index contributed by atoms with van der Waals surface area (Å²) >= 11 is 1.12. The van der Waals surface area contributed by atoms with E-state index in [1.54, 1.807) is 4.90 Å². The van der Waals surface area contributed by atoms with Crippen molar-refractivity contribution in [3.63, 3.8) is 0 Å². The summed E-state index contributed by atoms with van der Waals surface area (Å²) < 4.78 is 37.6. The largest absolute Gasteiger partial charge is 0.391 e. The van der Waals surface area contributed by atoms with Gasteiger partial charge in [-0.2, -0.15) is 13.2 Å². The molecule has 1 aliphatic rings. The summed E-state index contributed by atoms with van der Waals surface area (Å²) in [6, 6.07) is 0. The second kappa shape index (κ2) is 5.33. The predicted octanol–water partition coefficient (Wildman–Crippen LogP) is 1.53. The normalized spacial score (nSPS) is 17.6. The van der Waals surface area contributed by atoms with E-state index in [9.17, 15) is 18.0 Å². The molecule has 0 radical (unpaired) electrons. The van der Waals surface area contributed by atoms with Crippen LogP contribution >= 0.6 is 11.3 Å². The van der Waals surface area contributed by atoms with Gasteiger partial charge in [0.1, 0.15) is 4.88 Å². The second-order valence-corrected chi connectivity index (χ2v) is 5.29. The highest BCUT2D eigenvalue weighted by Gasteiger charge is 2.41. The van der Waals surface area contributed by atoms with Crippen LogP contribution in [0.15, 0.2) is 6.20 Å². The van der Waals surface area contributed by atoms with Crippen LogP contribution in [0.2, 0.25) is 0 Å². The molecular weight excluding hydrogens is 281 g/mol. The molecule has 0 aliphatic carbocycles. The van der Waals surface area contributed by atoms with Crippen molar-refractivity contribution in [3.8, 4) is 0 Å². The predicted molar refractivity (Wildman–Crippen MR) is 64.8 cm³/mol. The number of anilines is 1. The Bertz CT molecular complexity index is 454. The van der Waals surface area contributed by atoms with Gasteiger partial charge in [-0.1, -0.05) is 11.3 Å². The average molecular weight is 294 g/mol. The van der Waals surface area contributed by atoms with Crippen LogP contribution in [0.4, 0.5) is 18.3 Å². The van der Waals surface area contributed by atoms with Crippen molar-refractivity contribution in [3.05, 3.63) is 11.1 Å². The first-order valence-electron chi connectivity index (χ1n) is 5.70. The SMILES string of the molecule is NNC(=O)c1cnc(N2CCC(C(F)(F)F)CC2)s1. The summed E-state index contributed by atoms with van der Waals surface area (Å²) in [6.45, 7) is 0.586. The molecular formula is C10H13F3N4OS. The van der Waals surface area contributed by atoms with E-state index in [0.29, 0.717) is 23.1 Å². The molecule has 9 heteroatoms. The van der Waals surface area contributed by atoms with Crippen LogP contribution in [0.25, 0.3) is 0 Å². The molecule has 1 saturated heterocycles. The number of amides is 1. The Labute approximate surface area is 111 Å². The highest BCUT2D eigenvalue weighted by Crippen LogP contribution is 2.36. The first kappa shape index (κ1) is 14.1. The number of carbonyl (C=O) groups is 1. The lowest BCUT2D eigenvalue weighted by molar-refractivity contribution is -0.179. The van der Waals surface area contributed by atoms with Gasteiger partial charge in [0, 0.05) is 13.1 Å². The van der Waals surface area contributed by atoms with E-state index in [0.717, 1.165) is 11.3 Å². The molecule has 106 valence electrons. The van der Waals surface area contributed by atoms with Crippen LogP contribution < -0.4 is 16.2 Å². The summed E-state index contributed by atoms with van der Waals surface area (Å²) in [5, 5.41) is 0.555. The van der Waals surface area contributed by atoms with Gasteiger partial charge in [0.2, 0.25) is 0 Å². The van der Waals surface area contributed by atoms with E-state index in [1.807, 2.05) is 5.43 Å². The first-order valence-corrected chi connectivity index (χ1v) is 6.52. The van der Waals surface area contributed by atoms with E-state index >= 15 is 0 Å². The third-order valence-corrected chi connectivity index (χ3v) is 4.13. The minimum Gasteiger partial charge on any atom is -0.348 e. The number of hydrogen-bond donors (Lipinski definition) is 2. The number of piperidine rings is 1. The van der Waals surface area contributed by atoms with Crippen LogP contribution in [-0.2, 0) is 0 Å². The van der Waals surface area contributed by atoms with Crippen LogP contribution in [0.5, 0.6) is 0 Å². The number of aromatic nitrogens is 1. The fourth-order valence-corrected chi connectivity index (χ4v) is 2.86. The maximum absolute atomic E-state index is 12.5. The van der Waals surface area contributed by atoms with Crippen molar-refractivity contribution >= 4 is 22.4 Å². The van der Waals surface area contributed by atoms with E-state index < -0.39 is 18.0 Å². The number of carbonyl (C=O) groups excluding carboxylic acids is 1. The van der Waals surface area contributed by atoms with Crippen molar-refractivity contribution in [1.82, 2.24) is 10.4 Å². The monoisotopic (exact) mass is 294 g/mol. The molecule has 3 N–H and O–H groups in total. The Morgan fingerprint density at radius 3 is 2.63 bits per heavy atom. The highest BCUT2D eigenvalue weighted by molar-refractivity contribution is 7.17. The lowest BCUT2D eigenvalue weighted by atomic mass is 9.97. The Hall–Kier alpha value is -1.35. The van der Waals surface area contributed by atoms with Gasteiger partial charge in [0.15, 0.2) is 5.13 Å². The van der Waals surface area contributed by atoms with Crippen molar-refractivity contribution in [2.24, 2.45) is 11.8 Å². The van der Waals surface area contributed by atoms with E-state index in [-0.39, 0.29) is 12.8 Å². The van der Waals surface area contributed by atoms with Crippen molar-refractivity contribution in [1.29, 1.82) is 0 Å². The van der Waals surface area contributed by atoms with Gasteiger partial charge in [-0.3, -0.25) is 10.2 Å². The molecule has 0 spiro atoms. The number of halogens is 3. The summed E-state index contributed by atoms with van der Waals surface area (Å²) in [5.41, 5.74) is 1.99. The molecule has 1 aliphatic heterocycles. The van der Waals surface area contributed by atoms with Crippen molar-refractivity contribution in [2.75, 3.05) is 18.0 Å². The summed E-state index contributed by atoms with van der Waals surface area (Å²) in [5.74, 6) is 3.31. The Morgan fingerprint density at radius 2 is 2.11 bits per heavy atom. The molecule has 19 heavy (non-hydrogen) atoms. The number of nitrogens with one attached hydrogen (secondary N) is 1. The van der Waals surface area contributed by atoms with Crippen LogP contribution in [-0.4, -0.2) is 30.2 Å². The van der Waals surface area contributed by atoms with Gasteiger partial charge in [0.05, 0.1) is 12.1 Å². The first-order chi connectivity index (χ1) is 8.91. The number of thiazole rings is 1. The molecule has 1 fully saturated rings. The van der Waals surface area contributed by atoms with E-state index in [4.69, 9.17) is 5.84 Å². The molecule has 5 nitrogen and oxygen atoms in total. The molecule has 2 rings (SSSR count). The van der Waals surface area contributed by atoms with Gasteiger partial charge in [-0.15, -0.1) is 0 Å². The van der Waals surface area contributed by atoms with E-state index in [1.165, 1.54) is 6.20 Å². The summed E-state index contributed by atoms with van der Waals surface area (Å²) in [7, 11) is 0. The lowest BCUT2D eigenvalue weighted by Gasteiger charge is -2.32. The highest BCUT2D eigenvalue weighted by atomic mass is 32.1. The maximum Gasteiger partial charge on any atom is 0.391 e. The van der Waals surface area contributed by atoms with Crippen molar-refractivity contribution in [2.45, 2.75) is 19.0 Å². The van der Waals surface area contributed by atoms with Gasteiger partial charge < -0.3 is 4.90 Å². The number of nitrogen functional groups attached to an aromatic ring is 1. The minimum atomic E-state index is -4.13. The molecule has 0 aromatic carbocycles. The molecule has 2 heterocycles. The number of nitrogens with two attached hydrogens (primary N) is 1. The van der Waals surface area contributed by atoms with Crippen LogP contribution in [0.3, 0.4) is 0 Å². The fraction of sp³-hybridized carbons (Fsp3) is 0.600. The summed E-state index contributed by atoms with van der Waals surface area (Å²) in [6.07, 6.45) is -2.64. The topological polar surface area (TPSA) is 71.2 Å². The zero-order chi connectivity index (χ0) is 14.0. The van der Waals surface area contributed by atoms with Crippen LogP contribution in [0.1, 0.15) is 22.5 Å². The fourth-order valence-electron chi connectivity index (χ4n) is 1.99. The quantitative estimate of drug-likeness (QED) is 0.493. The molecule has 1 amide bonds. The van der Waals surface area contributed by atoms with Gasteiger partial charge in [0.25, 0.3) is 5.91 Å². The number of hydrazine groups is 1. The minimum absolute atomic E-state index is 0.0570. The lowest BCUT2D eigenvalue weighted by Crippen LogP contribution is -2.38. The van der Waals surface area contributed by atoms with Crippen LogP contribution in [0, 0.1) is 5.92 Å². The smallest absolute Gasteiger partial charge is 0.348 e. The molecule has 0 saturated carbocycles. The van der Waals surface area contributed by atoms with Crippen molar-refractivity contribution < 1.29 is 18.0 Å². The molecule has 0 unspecified atom stereocenters. The number of nitrogens with zero attached hydrogens (tertiary/aromatic N) is 2. The molecule has 1 aromatic rings.